The number of carboxylic acid groups (broad SMARTS) is 1. The highest BCUT2D eigenvalue weighted by Crippen LogP contribution is 2.31. The van der Waals surface area contributed by atoms with E-state index in [1.165, 1.54) is 27.0 Å². The Morgan fingerprint density at radius 1 is 1.41 bits per heavy atom. The van der Waals surface area contributed by atoms with Crippen LogP contribution in [0, 0.1) is 17.0 Å². The Bertz CT molecular complexity index is 442. The van der Waals surface area contributed by atoms with E-state index in [9.17, 15) is 13.6 Å². The lowest BCUT2D eigenvalue weighted by molar-refractivity contribution is -0.146. The smallest absolute Gasteiger partial charge is 0.309 e. The van der Waals surface area contributed by atoms with Crippen molar-refractivity contribution < 1.29 is 23.4 Å². The molecule has 0 bridgehead atoms. The topological polar surface area (TPSA) is 46.5 Å². The summed E-state index contributed by atoms with van der Waals surface area (Å²) in [6.45, 7) is 2.89. The molecule has 5 heteroatoms. The number of aliphatic carboxylic acids is 1. The zero-order chi connectivity index (χ0) is 13.2. The number of methoxy groups -OCH3 is 1. The van der Waals surface area contributed by atoms with Gasteiger partial charge >= 0.3 is 5.97 Å². The molecular formula is C12H14F2O3. The lowest BCUT2D eigenvalue weighted by Gasteiger charge is -2.21. The maximum absolute atomic E-state index is 13.6. The van der Waals surface area contributed by atoms with Gasteiger partial charge in [0.1, 0.15) is 5.75 Å². The van der Waals surface area contributed by atoms with Gasteiger partial charge in [-0.15, -0.1) is 0 Å². The number of halogens is 2. The van der Waals surface area contributed by atoms with E-state index in [0.717, 1.165) is 6.07 Å². The standard InChI is InChI=1S/C12H14F2O3/c1-12(2,11(15)16)6-7-9(17-3)5-4-8(13)10(7)14/h4-5H,6H2,1-3H3,(H,15,16). The van der Waals surface area contributed by atoms with Gasteiger partial charge in [-0.3, -0.25) is 4.79 Å². The zero-order valence-corrected chi connectivity index (χ0v) is 9.88. The summed E-state index contributed by atoms with van der Waals surface area (Å²) in [5, 5.41) is 8.97. The minimum absolute atomic E-state index is 0.0556. The molecular weight excluding hydrogens is 230 g/mol. The van der Waals surface area contributed by atoms with E-state index in [1.807, 2.05) is 0 Å². The fourth-order valence-electron chi connectivity index (χ4n) is 1.45. The third kappa shape index (κ3) is 2.72. The lowest BCUT2D eigenvalue weighted by atomic mass is 9.85. The predicted octanol–water partition coefficient (Wildman–Crippen LogP) is 2.63. The first-order valence-electron chi connectivity index (χ1n) is 5.04. The molecule has 1 rings (SSSR count). The first kappa shape index (κ1) is 13.4. The quantitative estimate of drug-likeness (QED) is 0.885. The van der Waals surface area contributed by atoms with Crippen LogP contribution in [0.2, 0.25) is 0 Å². The van der Waals surface area contributed by atoms with Crippen molar-refractivity contribution in [3.05, 3.63) is 29.3 Å². The van der Waals surface area contributed by atoms with Gasteiger partial charge in [-0.05, 0) is 32.4 Å². The maximum Gasteiger partial charge on any atom is 0.309 e. The van der Waals surface area contributed by atoms with Crippen LogP contribution in [0.3, 0.4) is 0 Å². The van der Waals surface area contributed by atoms with Crippen molar-refractivity contribution in [1.82, 2.24) is 0 Å². The van der Waals surface area contributed by atoms with Crippen LogP contribution in [0.25, 0.3) is 0 Å². The number of rotatable bonds is 4. The van der Waals surface area contributed by atoms with Gasteiger partial charge in [-0.25, -0.2) is 8.78 Å². The molecule has 0 atom stereocenters. The summed E-state index contributed by atoms with van der Waals surface area (Å²) in [5.41, 5.74) is -1.25. The number of hydrogen-bond donors (Lipinski definition) is 1. The van der Waals surface area contributed by atoms with E-state index >= 15 is 0 Å². The fraction of sp³-hybridized carbons (Fsp3) is 0.417. The first-order valence-corrected chi connectivity index (χ1v) is 5.04. The summed E-state index contributed by atoms with van der Waals surface area (Å²) < 4.78 is 31.6. The molecule has 0 aliphatic carbocycles. The summed E-state index contributed by atoms with van der Waals surface area (Å²) in [7, 11) is 1.32. The van der Waals surface area contributed by atoms with Gasteiger partial charge in [-0.2, -0.15) is 0 Å². The molecule has 0 aliphatic rings. The van der Waals surface area contributed by atoms with Crippen molar-refractivity contribution >= 4 is 5.97 Å². The highest BCUT2D eigenvalue weighted by atomic mass is 19.2. The van der Waals surface area contributed by atoms with Crippen molar-refractivity contribution in [3.63, 3.8) is 0 Å². The van der Waals surface area contributed by atoms with Crippen molar-refractivity contribution in [2.75, 3.05) is 7.11 Å². The molecule has 0 radical (unpaired) electrons. The average molecular weight is 244 g/mol. The van der Waals surface area contributed by atoms with E-state index in [4.69, 9.17) is 9.84 Å². The van der Waals surface area contributed by atoms with Crippen molar-refractivity contribution in [3.8, 4) is 5.75 Å². The van der Waals surface area contributed by atoms with Crippen LogP contribution in [0.1, 0.15) is 19.4 Å². The van der Waals surface area contributed by atoms with Gasteiger partial charge < -0.3 is 9.84 Å². The Balaban J connectivity index is 3.21. The van der Waals surface area contributed by atoms with Crippen molar-refractivity contribution in [2.45, 2.75) is 20.3 Å². The largest absolute Gasteiger partial charge is 0.496 e. The minimum atomic E-state index is -1.19. The van der Waals surface area contributed by atoms with Crippen LogP contribution in [0.15, 0.2) is 12.1 Å². The Morgan fingerprint density at radius 3 is 2.47 bits per heavy atom. The van der Waals surface area contributed by atoms with E-state index in [0.29, 0.717) is 0 Å². The molecule has 0 saturated carbocycles. The molecule has 1 aromatic rings. The molecule has 0 aliphatic heterocycles. The highest BCUT2D eigenvalue weighted by Gasteiger charge is 2.30. The van der Waals surface area contributed by atoms with Crippen LogP contribution in [-0.2, 0) is 11.2 Å². The molecule has 1 N–H and O–H groups in total. The van der Waals surface area contributed by atoms with E-state index < -0.39 is 23.0 Å². The number of ether oxygens (including phenoxy) is 1. The minimum Gasteiger partial charge on any atom is -0.496 e. The van der Waals surface area contributed by atoms with Crippen LogP contribution in [-0.4, -0.2) is 18.2 Å². The van der Waals surface area contributed by atoms with Gasteiger partial charge in [0.2, 0.25) is 0 Å². The highest BCUT2D eigenvalue weighted by molar-refractivity contribution is 5.74. The number of hydrogen-bond acceptors (Lipinski definition) is 2. The van der Waals surface area contributed by atoms with Crippen LogP contribution >= 0.6 is 0 Å². The molecule has 1 aromatic carbocycles. The van der Waals surface area contributed by atoms with Crippen molar-refractivity contribution in [2.24, 2.45) is 5.41 Å². The molecule has 0 saturated heterocycles. The summed E-state index contributed by atoms with van der Waals surface area (Å²) in [5.74, 6) is -3.00. The molecule has 0 aromatic heterocycles. The summed E-state index contributed by atoms with van der Waals surface area (Å²) in [4.78, 5) is 11.0. The number of carboxylic acids is 1. The Hall–Kier alpha value is -1.65. The average Bonchev–Trinajstić information content (AvgIpc) is 2.25. The Morgan fingerprint density at radius 2 is 2.00 bits per heavy atom. The SMILES string of the molecule is COc1ccc(F)c(F)c1CC(C)(C)C(=O)O. The second-order valence-electron chi connectivity index (χ2n) is 4.41. The van der Waals surface area contributed by atoms with Crippen molar-refractivity contribution in [1.29, 1.82) is 0 Å². The normalized spacial score (nSPS) is 11.4. The predicted molar refractivity (Wildman–Crippen MR) is 58.0 cm³/mol. The molecule has 0 unspecified atom stereocenters. The molecule has 0 fully saturated rings. The Labute approximate surface area is 98.0 Å². The monoisotopic (exact) mass is 244 g/mol. The molecule has 0 spiro atoms. The van der Waals surface area contributed by atoms with Gasteiger partial charge in [0.25, 0.3) is 0 Å². The third-order valence-corrected chi connectivity index (χ3v) is 2.57. The second-order valence-corrected chi connectivity index (χ2v) is 4.41. The Kier molecular flexibility index (Phi) is 3.70. The van der Waals surface area contributed by atoms with Gasteiger partial charge in [0.05, 0.1) is 12.5 Å². The van der Waals surface area contributed by atoms with Gasteiger partial charge in [0, 0.05) is 5.56 Å². The van der Waals surface area contributed by atoms with Crippen LogP contribution in [0.4, 0.5) is 8.78 Å². The molecule has 3 nitrogen and oxygen atoms in total. The summed E-state index contributed by atoms with van der Waals surface area (Å²) >= 11 is 0. The van der Waals surface area contributed by atoms with Crippen LogP contribution < -0.4 is 4.74 Å². The molecule has 0 amide bonds. The summed E-state index contributed by atoms with van der Waals surface area (Å²) in [6.07, 6.45) is -0.144. The fourth-order valence-corrected chi connectivity index (χ4v) is 1.45. The molecule has 0 heterocycles. The molecule has 94 valence electrons. The third-order valence-electron chi connectivity index (χ3n) is 2.57. The lowest BCUT2D eigenvalue weighted by Crippen LogP contribution is -2.27. The first-order chi connectivity index (χ1) is 7.79. The van der Waals surface area contributed by atoms with Crippen LogP contribution in [0.5, 0.6) is 5.75 Å². The summed E-state index contributed by atoms with van der Waals surface area (Å²) in [6, 6.07) is 2.23. The maximum atomic E-state index is 13.6. The zero-order valence-electron chi connectivity index (χ0n) is 9.88. The van der Waals surface area contributed by atoms with E-state index in [2.05, 4.69) is 0 Å². The van der Waals surface area contributed by atoms with E-state index in [1.54, 1.807) is 0 Å². The number of carbonyl (C=O) groups is 1. The molecule has 17 heavy (non-hydrogen) atoms. The van der Waals surface area contributed by atoms with Gasteiger partial charge in [-0.1, -0.05) is 0 Å². The van der Waals surface area contributed by atoms with E-state index in [-0.39, 0.29) is 17.7 Å². The van der Waals surface area contributed by atoms with Gasteiger partial charge in [0.15, 0.2) is 11.6 Å². The second kappa shape index (κ2) is 4.69. The number of benzene rings is 1.